The molecule has 3 aromatic rings. The molecule has 1 saturated heterocycles. The van der Waals surface area contributed by atoms with Crippen LogP contribution in [0.2, 0.25) is 0 Å². The molecule has 31 heavy (non-hydrogen) atoms. The number of benzene rings is 1. The summed E-state index contributed by atoms with van der Waals surface area (Å²) in [6.07, 6.45) is 2.65. The Morgan fingerprint density at radius 1 is 1.10 bits per heavy atom. The molecule has 0 unspecified atom stereocenters. The van der Waals surface area contributed by atoms with Crippen LogP contribution >= 0.6 is 0 Å². The minimum absolute atomic E-state index is 0.0814. The van der Waals surface area contributed by atoms with Crippen LogP contribution in [0.5, 0.6) is 0 Å². The van der Waals surface area contributed by atoms with E-state index in [4.69, 9.17) is 0 Å². The number of nitrogens with zero attached hydrogens (tertiary/aromatic N) is 4. The lowest BCUT2D eigenvalue weighted by Gasteiger charge is -2.38. The lowest BCUT2D eigenvalue weighted by molar-refractivity contribution is 0.0944. The molecule has 6 heteroatoms. The zero-order chi connectivity index (χ0) is 22.0. The van der Waals surface area contributed by atoms with Crippen LogP contribution in [0.25, 0.3) is 5.65 Å². The number of hydrogen-bond donors (Lipinski definition) is 1. The summed E-state index contributed by atoms with van der Waals surface area (Å²) >= 11 is 0. The molecule has 0 spiro atoms. The van der Waals surface area contributed by atoms with Gasteiger partial charge in [-0.3, -0.25) is 14.1 Å². The van der Waals surface area contributed by atoms with E-state index in [1.807, 2.05) is 36.6 Å². The van der Waals surface area contributed by atoms with E-state index in [0.29, 0.717) is 18.3 Å². The number of carbonyl (C=O) groups excluding carboxylic acids is 1. The van der Waals surface area contributed by atoms with Gasteiger partial charge in [0.05, 0.1) is 5.69 Å². The molecule has 2 aromatic heterocycles. The third-order valence-electron chi connectivity index (χ3n) is 6.20. The summed E-state index contributed by atoms with van der Waals surface area (Å²) in [5, 5.41) is 3.08. The van der Waals surface area contributed by atoms with Crippen LogP contribution in [0.3, 0.4) is 0 Å². The molecule has 1 aliphatic heterocycles. The van der Waals surface area contributed by atoms with Crippen LogP contribution in [0.1, 0.15) is 48.1 Å². The van der Waals surface area contributed by atoms with Crippen molar-refractivity contribution in [1.29, 1.82) is 0 Å². The Morgan fingerprint density at radius 3 is 2.45 bits per heavy atom. The second-order valence-corrected chi connectivity index (χ2v) is 8.66. The van der Waals surface area contributed by atoms with Crippen LogP contribution in [-0.2, 0) is 13.0 Å². The maximum Gasteiger partial charge on any atom is 0.270 e. The van der Waals surface area contributed by atoms with Gasteiger partial charge >= 0.3 is 0 Å². The lowest BCUT2D eigenvalue weighted by Crippen LogP contribution is -2.48. The number of carbonyl (C=O) groups is 1. The molecule has 0 radical (unpaired) electrons. The van der Waals surface area contributed by atoms with Gasteiger partial charge in [0.2, 0.25) is 0 Å². The Balaban J connectivity index is 1.40. The molecule has 0 aliphatic carbocycles. The van der Waals surface area contributed by atoms with Gasteiger partial charge in [-0.05, 0) is 62.6 Å². The number of piperazine rings is 1. The third kappa shape index (κ3) is 4.59. The summed E-state index contributed by atoms with van der Waals surface area (Å²) in [7, 11) is 0. The topological polar surface area (TPSA) is 52.9 Å². The van der Waals surface area contributed by atoms with Gasteiger partial charge in [0.25, 0.3) is 5.91 Å². The molecule has 0 saturated carbocycles. The molecular formula is C25H33N5O. The first-order valence-corrected chi connectivity index (χ1v) is 11.3. The van der Waals surface area contributed by atoms with Crippen LogP contribution in [0.4, 0.5) is 5.69 Å². The number of rotatable bonds is 6. The fourth-order valence-electron chi connectivity index (χ4n) is 4.27. The lowest BCUT2D eigenvalue weighted by atomic mass is 10.1. The van der Waals surface area contributed by atoms with Gasteiger partial charge < -0.3 is 10.2 Å². The van der Waals surface area contributed by atoms with Gasteiger partial charge in [-0.25, -0.2) is 4.98 Å². The highest BCUT2D eigenvalue weighted by Gasteiger charge is 2.20. The van der Waals surface area contributed by atoms with Crippen molar-refractivity contribution in [3.8, 4) is 0 Å². The minimum Gasteiger partial charge on any atom is -0.369 e. The predicted molar refractivity (Wildman–Crippen MR) is 126 cm³/mol. The van der Waals surface area contributed by atoms with Gasteiger partial charge in [-0.15, -0.1) is 0 Å². The first-order chi connectivity index (χ1) is 15.0. The average molecular weight is 420 g/mol. The van der Waals surface area contributed by atoms with Gasteiger partial charge in [0, 0.05) is 50.6 Å². The zero-order valence-electron chi connectivity index (χ0n) is 19.1. The van der Waals surface area contributed by atoms with Crippen LogP contribution in [0.15, 0.2) is 42.6 Å². The molecule has 0 bridgehead atoms. The monoisotopic (exact) mass is 419 g/mol. The van der Waals surface area contributed by atoms with E-state index >= 15 is 0 Å². The minimum atomic E-state index is -0.0814. The Hall–Kier alpha value is -2.86. The third-order valence-corrected chi connectivity index (χ3v) is 6.20. The second kappa shape index (κ2) is 9.10. The van der Waals surface area contributed by atoms with E-state index in [2.05, 4.69) is 58.2 Å². The quantitative estimate of drug-likeness (QED) is 0.662. The Bertz CT molecular complexity index is 1050. The van der Waals surface area contributed by atoms with Crippen molar-refractivity contribution < 1.29 is 4.79 Å². The molecule has 1 amide bonds. The van der Waals surface area contributed by atoms with Crippen molar-refractivity contribution in [2.45, 2.75) is 46.7 Å². The van der Waals surface area contributed by atoms with Crippen molar-refractivity contribution in [1.82, 2.24) is 19.6 Å². The van der Waals surface area contributed by atoms with E-state index in [1.54, 1.807) is 0 Å². The van der Waals surface area contributed by atoms with E-state index in [-0.39, 0.29) is 5.91 Å². The number of pyridine rings is 1. The van der Waals surface area contributed by atoms with Gasteiger partial charge in [0.15, 0.2) is 0 Å². The van der Waals surface area contributed by atoms with E-state index in [9.17, 15) is 4.79 Å². The number of nitrogens with one attached hydrogen (secondary N) is 1. The molecule has 3 heterocycles. The summed E-state index contributed by atoms with van der Waals surface area (Å²) in [4.78, 5) is 22.6. The Morgan fingerprint density at radius 2 is 1.81 bits per heavy atom. The van der Waals surface area contributed by atoms with Gasteiger partial charge in [-0.1, -0.05) is 19.1 Å². The van der Waals surface area contributed by atoms with Crippen molar-refractivity contribution in [2.75, 3.05) is 31.1 Å². The highest BCUT2D eigenvalue weighted by molar-refractivity contribution is 5.94. The molecule has 1 aromatic carbocycles. The number of fused-ring (bicyclic) bond motifs is 1. The summed E-state index contributed by atoms with van der Waals surface area (Å²) in [5.41, 5.74) is 5.78. The number of anilines is 1. The Kier molecular flexibility index (Phi) is 6.28. The van der Waals surface area contributed by atoms with Crippen molar-refractivity contribution in [3.63, 3.8) is 0 Å². The zero-order valence-corrected chi connectivity index (χ0v) is 19.1. The largest absolute Gasteiger partial charge is 0.369 e. The first kappa shape index (κ1) is 21.4. The highest BCUT2D eigenvalue weighted by atomic mass is 16.1. The number of aromatic nitrogens is 2. The van der Waals surface area contributed by atoms with Crippen molar-refractivity contribution in [2.24, 2.45) is 0 Å². The molecule has 0 atom stereocenters. The van der Waals surface area contributed by atoms with E-state index in [0.717, 1.165) is 55.1 Å². The standard InChI is InChI=1S/C25H33N5O/c1-5-22-24(30-11-10-19(4)16-23(30)27-22)25(31)26-17-20-6-8-21(9-7-20)29-14-12-28(13-15-29)18(2)3/h6-11,16,18H,5,12-15,17H2,1-4H3,(H,26,31). The summed E-state index contributed by atoms with van der Waals surface area (Å²) in [5.74, 6) is -0.0814. The fourth-order valence-corrected chi connectivity index (χ4v) is 4.27. The molecular weight excluding hydrogens is 386 g/mol. The van der Waals surface area contributed by atoms with Crippen LogP contribution in [0, 0.1) is 6.92 Å². The van der Waals surface area contributed by atoms with E-state index in [1.165, 1.54) is 5.69 Å². The summed E-state index contributed by atoms with van der Waals surface area (Å²) in [6, 6.07) is 13.2. The molecule has 1 aliphatic rings. The molecule has 164 valence electrons. The molecule has 4 rings (SSSR count). The normalized spacial score (nSPS) is 15.1. The predicted octanol–water partition coefficient (Wildman–Crippen LogP) is 3.67. The van der Waals surface area contributed by atoms with Crippen molar-refractivity contribution in [3.05, 3.63) is 65.1 Å². The maximum atomic E-state index is 13.0. The van der Waals surface area contributed by atoms with Gasteiger partial charge in [0.1, 0.15) is 11.3 Å². The van der Waals surface area contributed by atoms with Crippen LogP contribution < -0.4 is 10.2 Å². The smallest absolute Gasteiger partial charge is 0.270 e. The molecule has 1 fully saturated rings. The number of aryl methyl sites for hydroxylation is 2. The molecule has 1 N–H and O–H groups in total. The number of imidazole rings is 1. The Labute approximate surface area is 184 Å². The van der Waals surface area contributed by atoms with Gasteiger partial charge in [-0.2, -0.15) is 0 Å². The van der Waals surface area contributed by atoms with E-state index < -0.39 is 0 Å². The van der Waals surface area contributed by atoms with Crippen molar-refractivity contribution >= 4 is 17.2 Å². The second-order valence-electron chi connectivity index (χ2n) is 8.66. The van der Waals surface area contributed by atoms with Crippen LogP contribution in [-0.4, -0.2) is 52.4 Å². The summed E-state index contributed by atoms with van der Waals surface area (Å²) < 4.78 is 1.89. The number of hydrogen-bond acceptors (Lipinski definition) is 4. The first-order valence-electron chi connectivity index (χ1n) is 11.3. The highest BCUT2D eigenvalue weighted by Crippen LogP contribution is 2.19. The number of amides is 1. The average Bonchev–Trinajstić information content (AvgIpc) is 3.15. The molecule has 6 nitrogen and oxygen atoms in total. The summed E-state index contributed by atoms with van der Waals surface area (Å²) in [6.45, 7) is 13.4. The SMILES string of the molecule is CCc1nc2cc(C)ccn2c1C(=O)NCc1ccc(N2CCN(C(C)C)CC2)cc1. The fraction of sp³-hybridized carbons (Fsp3) is 0.440. The maximum absolute atomic E-state index is 13.0.